The molecule has 4 rings (SSSR count). The van der Waals surface area contributed by atoms with Gasteiger partial charge in [-0.3, -0.25) is 4.79 Å². The van der Waals surface area contributed by atoms with Crippen LogP contribution in [0.1, 0.15) is 35.3 Å². The monoisotopic (exact) mass is 433 g/mol. The van der Waals surface area contributed by atoms with Gasteiger partial charge >= 0.3 is 6.03 Å². The summed E-state index contributed by atoms with van der Waals surface area (Å²) < 4.78 is 10.9. The SMILES string of the molecule is O=C(NCc1cccc(CN2CCCC2=O)c1)Nc1cccc(COCc2ccco2)c1. The molecule has 7 heteroatoms. The smallest absolute Gasteiger partial charge is 0.319 e. The first kappa shape index (κ1) is 21.6. The number of carbonyl (C=O) groups excluding carboxylic acids is 2. The molecule has 1 saturated heterocycles. The molecule has 0 unspecified atom stereocenters. The largest absolute Gasteiger partial charge is 0.467 e. The first-order valence-corrected chi connectivity index (χ1v) is 10.8. The maximum atomic E-state index is 12.4. The van der Waals surface area contributed by atoms with Crippen molar-refractivity contribution < 1.29 is 18.7 Å². The second kappa shape index (κ2) is 10.6. The Morgan fingerprint density at radius 2 is 1.84 bits per heavy atom. The molecule has 0 aliphatic carbocycles. The summed E-state index contributed by atoms with van der Waals surface area (Å²) in [7, 11) is 0. The molecule has 0 radical (unpaired) electrons. The van der Waals surface area contributed by atoms with Crippen molar-refractivity contribution in [3.05, 3.63) is 89.4 Å². The van der Waals surface area contributed by atoms with Gasteiger partial charge in [-0.05, 0) is 47.4 Å². The van der Waals surface area contributed by atoms with Crippen LogP contribution in [0.4, 0.5) is 10.5 Å². The lowest BCUT2D eigenvalue weighted by atomic mass is 10.1. The summed E-state index contributed by atoms with van der Waals surface area (Å²) in [4.78, 5) is 26.1. The third-order valence-electron chi connectivity index (χ3n) is 5.27. The van der Waals surface area contributed by atoms with Crippen molar-refractivity contribution in [3.8, 4) is 0 Å². The highest BCUT2D eigenvalue weighted by Gasteiger charge is 2.19. The van der Waals surface area contributed by atoms with Crippen LogP contribution in [0.15, 0.2) is 71.3 Å². The fourth-order valence-corrected chi connectivity index (χ4v) is 3.69. The first-order valence-electron chi connectivity index (χ1n) is 10.8. The third-order valence-corrected chi connectivity index (χ3v) is 5.27. The van der Waals surface area contributed by atoms with Gasteiger partial charge in [0.25, 0.3) is 0 Å². The molecule has 1 fully saturated rings. The van der Waals surface area contributed by atoms with Gasteiger partial charge in [-0.2, -0.15) is 0 Å². The highest BCUT2D eigenvalue weighted by Crippen LogP contribution is 2.16. The third kappa shape index (κ3) is 6.21. The Hall–Kier alpha value is -3.58. The summed E-state index contributed by atoms with van der Waals surface area (Å²) in [6, 6.07) is 18.9. The van der Waals surface area contributed by atoms with E-state index in [0.29, 0.717) is 38.4 Å². The average molecular weight is 434 g/mol. The predicted molar refractivity (Wildman–Crippen MR) is 121 cm³/mol. The number of nitrogens with zero attached hydrogens (tertiary/aromatic N) is 1. The normalized spacial score (nSPS) is 13.4. The van der Waals surface area contributed by atoms with E-state index in [-0.39, 0.29) is 11.9 Å². The van der Waals surface area contributed by atoms with E-state index in [2.05, 4.69) is 10.6 Å². The maximum absolute atomic E-state index is 12.4. The molecule has 2 N–H and O–H groups in total. The van der Waals surface area contributed by atoms with Crippen molar-refractivity contribution in [2.75, 3.05) is 11.9 Å². The minimum Gasteiger partial charge on any atom is -0.467 e. The molecule has 2 aromatic carbocycles. The van der Waals surface area contributed by atoms with Gasteiger partial charge in [-0.25, -0.2) is 4.79 Å². The molecule has 0 spiro atoms. The van der Waals surface area contributed by atoms with Crippen molar-refractivity contribution >= 4 is 17.6 Å². The Kier molecular flexibility index (Phi) is 7.19. The maximum Gasteiger partial charge on any atom is 0.319 e. The minimum absolute atomic E-state index is 0.210. The molecular formula is C25H27N3O4. The molecule has 1 aromatic heterocycles. The lowest BCUT2D eigenvalue weighted by Gasteiger charge is -2.16. The van der Waals surface area contributed by atoms with Crippen LogP contribution >= 0.6 is 0 Å². The van der Waals surface area contributed by atoms with Crippen LogP contribution in [-0.2, 0) is 35.8 Å². The van der Waals surface area contributed by atoms with Gasteiger partial charge in [-0.15, -0.1) is 0 Å². The number of rotatable bonds is 9. The predicted octanol–water partition coefficient (Wildman–Crippen LogP) is 4.44. The topological polar surface area (TPSA) is 83.8 Å². The van der Waals surface area contributed by atoms with Crippen molar-refractivity contribution in [3.63, 3.8) is 0 Å². The van der Waals surface area contributed by atoms with E-state index < -0.39 is 0 Å². The van der Waals surface area contributed by atoms with Gasteiger partial charge in [0, 0.05) is 31.7 Å². The average Bonchev–Trinajstić information content (AvgIpc) is 3.45. The van der Waals surface area contributed by atoms with Crippen LogP contribution in [0.3, 0.4) is 0 Å². The van der Waals surface area contributed by atoms with E-state index in [4.69, 9.17) is 9.15 Å². The number of hydrogen-bond donors (Lipinski definition) is 2. The quantitative estimate of drug-likeness (QED) is 0.523. The van der Waals surface area contributed by atoms with Crippen molar-refractivity contribution in [2.45, 2.75) is 39.1 Å². The molecule has 166 valence electrons. The lowest BCUT2D eigenvalue weighted by Crippen LogP contribution is -2.28. The zero-order valence-corrected chi connectivity index (χ0v) is 17.9. The molecule has 3 amide bonds. The van der Waals surface area contributed by atoms with Crippen molar-refractivity contribution in [1.82, 2.24) is 10.2 Å². The minimum atomic E-state index is -0.279. The Labute approximate surface area is 187 Å². The molecular weight excluding hydrogens is 406 g/mol. The van der Waals surface area contributed by atoms with Crippen LogP contribution in [0.25, 0.3) is 0 Å². The van der Waals surface area contributed by atoms with Crippen LogP contribution in [0.5, 0.6) is 0 Å². The summed E-state index contributed by atoms with van der Waals surface area (Å²) >= 11 is 0. The van der Waals surface area contributed by atoms with E-state index in [1.807, 2.05) is 65.6 Å². The van der Waals surface area contributed by atoms with Gasteiger partial charge in [0.15, 0.2) is 0 Å². The number of urea groups is 1. The summed E-state index contributed by atoms with van der Waals surface area (Å²) in [6.07, 6.45) is 3.18. The second-order valence-corrected chi connectivity index (χ2v) is 7.82. The van der Waals surface area contributed by atoms with Gasteiger partial charge in [0.2, 0.25) is 5.91 Å². The Bertz CT molecular complexity index is 1050. The highest BCUT2D eigenvalue weighted by molar-refractivity contribution is 5.89. The molecule has 0 atom stereocenters. The van der Waals surface area contributed by atoms with Crippen LogP contribution in [0.2, 0.25) is 0 Å². The van der Waals surface area contributed by atoms with Crippen molar-refractivity contribution in [1.29, 1.82) is 0 Å². The zero-order chi connectivity index (χ0) is 22.2. The van der Waals surface area contributed by atoms with Crippen molar-refractivity contribution in [2.24, 2.45) is 0 Å². The summed E-state index contributed by atoms with van der Waals surface area (Å²) in [6.45, 7) is 2.66. The van der Waals surface area contributed by atoms with Crippen LogP contribution in [0, 0.1) is 0 Å². The number of benzene rings is 2. The summed E-state index contributed by atoms with van der Waals surface area (Å²) in [5, 5.41) is 5.74. The highest BCUT2D eigenvalue weighted by atomic mass is 16.5. The van der Waals surface area contributed by atoms with E-state index >= 15 is 0 Å². The molecule has 0 bridgehead atoms. The fraction of sp³-hybridized carbons (Fsp3) is 0.280. The second-order valence-electron chi connectivity index (χ2n) is 7.82. The molecule has 1 aliphatic rings. The summed E-state index contributed by atoms with van der Waals surface area (Å²) in [5.74, 6) is 0.983. The van der Waals surface area contributed by atoms with Gasteiger partial charge in [-0.1, -0.05) is 36.4 Å². The zero-order valence-electron chi connectivity index (χ0n) is 17.9. The number of hydrogen-bond acceptors (Lipinski definition) is 4. The molecule has 1 aliphatic heterocycles. The molecule has 7 nitrogen and oxygen atoms in total. The Balaban J connectivity index is 1.24. The molecule has 0 saturated carbocycles. The number of likely N-dealkylation sites (tertiary alicyclic amines) is 1. The van der Waals surface area contributed by atoms with E-state index in [9.17, 15) is 9.59 Å². The first-order chi connectivity index (χ1) is 15.7. The van der Waals surface area contributed by atoms with Gasteiger partial charge in [0.05, 0.1) is 12.9 Å². The number of amides is 3. The standard InChI is InChI=1S/C25H27N3O4/c29-24-10-3-11-28(24)16-20-6-1-5-19(13-20)15-26-25(30)27-22-8-2-7-21(14-22)17-31-18-23-9-4-12-32-23/h1-2,4-9,12-14H,3,10-11,15-18H2,(H2,26,27,30). The van der Waals surface area contributed by atoms with Gasteiger partial charge in [0.1, 0.15) is 12.4 Å². The number of furan rings is 1. The number of carbonyl (C=O) groups is 2. The van der Waals surface area contributed by atoms with Gasteiger partial charge < -0.3 is 24.7 Å². The van der Waals surface area contributed by atoms with E-state index in [0.717, 1.165) is 35.4 Å². The van der Waals surface area contributed by atoms with E-state index in [1.54, 1.807) is 6.26 Å². The molecule has 3 aromatic rings. The Morgan fingerprint density at radius 1 is 1.00 bits per heavy atom. The van der Waals surface area contributed by atoms with Crippen LogP contribution < -0.4 is 10.6 Å². The fourth-order valence-electron chi connectivity index (χ4n) is 3.69. The number of ether oxygens (including phenoxy) is 1. The van der Waals surface area contributed by atoms with E-state index in [1.165, 1.54) is 0 Å². The Morgan fingerprint density at radius 3 is 2.66 bits per heavy atom. The van der Waals surface area contributed by atoms with Crippen LogP contribution in [-0.4, -0.2) is 23.4 Å². The number of anilines is 1. The summed E-state index contributed by atoms with van der Waals surface area (Å²) in [5.41, 5.74) is 3.72. The number of nitrogens with one attached hydrogen (secondary N) is 2. The molecule has 32 heavy (non-hydrogen) atoms. The lowest BCUT2D eigenvalue weighted by molar-refractivity contribution is -0.128. The molecule has 2 heterocycles.